The van der Waals surface area contributed by atoms with Gasteiger partial charge in [-0.25, -0.2) is 0 Å². The third-order valence-corrected chi connectivity index (χ3v) is 3.12. The Morgan fingerprint density at radius 1 is 1.10 bits per heavy atom. The molecule has 0 atom stereocenters. The Balaban J connectivity index is 2.39. The molecule has 2 rings (SSSR count). The quantitative estimate of drug-likeness (QED) is 0.256. The first-order valence-corrected chi connectivity index (χ1v) is 6.62. The summed E-state index contributed by atoms with van der Waals surface area (Å²) in [5, 5.41) is 3.50. The van der Waals surface area contributed by atoms with Gasteiger partial charge in [-0.1, -0.05) is 63.5 Å². The number of hydrogen-bond donors (Lipinski definition) is 0. The largest absolute Gasteiger partial charge is 0.289 e. The molecule has 0 N–H and O–H groups in total. The minimum absolute atomic E-state index is 0.0704. The Hall–Kier alpha value is -2.36. The molecule has 0 aliphatic heterocycles. The van der Waals surface area contributed by atoms with Gasteiger partial charge < -0.3 is 0 Å². The summed E-state index contributed by atoms with van der Waals surface area (Å²) >= 11 is 3.34. The molecule has 0 amide bonds. The molecule has 0 saturated heterocycles. The maximum absolute atomic E-state index is 12.3. The highest BCUT2D eigenvalue weighted by molar-refractivity contribution is 9.10. The molecular formula is C15H10BrN3O. The second kappa shape index (κ2) is 6.70. The van der Waals surface area contributed by atoms with Crippen LogP contribution >= 0.6 is 15.9 Å². The summed E-state index contributed by atoms with van der Waals surface area (Å²) in [5.74, 6) is -0.300. The third kappa shape index (κ3) is 3.57. The number of Topliss-reactive ketones (excluding diaryl/α,β-unsaturated/α-hetero) is 1. The lowest BCUT2D eigenvalue weighted by molar-refractivity contribution is 0.103. The van der Waals surface area contributed by atoms with Crippen molar-refractivity contribution < 1.29 is 4.79 Å². The van der Waals surface area contributed by atoms with E-state index in [1.165, 1.54) is 0 Å². The fourth-order valence-corrected chi connectivity index (χ4v) is 1.91. The summed E-state index contributed by atoms with van der Waals surface area (Å²) in [5.41, 5.74) is 9.96. The van der Waals surface area contributed by atoms with E-state index in [1.54, 1.807) is 30.3 Å². The lowest BCUT2D eigenvalue weighted by atomic mass is 10.1. The second-order valence-corrected chi connectivity index (χ2v) is 4.88. The van der Waals surface area contributed by atoms with Crippen LogP contribution in [0.25, 0.3) is 16.5 Å². The van der Waals surface area contributed by atoms with E-state index in [2.05, 4.69) is 26.0 Å². The van der Waals surface area contributed by atoms with Crippen LogP contribution in [0.2, 0.25) is 0 Å². The maximum Gasteiger partial charge on any atom is 0.195 e. The van der Waals surface area contributed by atoms with E-state index in [1.807, 2.05) is 30.3 Å². The molecule has 0 fully saturated rings. The van der Waals surface area contributed by atoms with E-state index in [0.717, 1.165) is 10.0 Å². The summed E-state index contributed by atoms with van der Waals surface area (Å²) < 4.78 is 0.939. The van der Waals surface area contributed by atoms with Gasteiger partial charge in [0.15, 0.2) is 5.78 Å². The standard InChI is InChI=1S/C15H10BrN3O/c16-13-8-6-11(7-9-13)10-14(18-19-17)15(20)12-4-2-1-3-5-12/h1-10H. The van der Waals surface area contributed by atoms with E-state index >= 15 is 0 Å². The highest BCUT2D eigenvalue weighted by Crippen LogP contribution is 2.16. The lowest BCUT2D eigenvalue weighted by Crippen LogP contribution is -2.00. The molecule has 98 valence electrons. The molecule has 0 aromatic heterocycles. The van der Waals surface area contributed by atoms with Crippen molar-refractivity contribution in [2.24, 2.45) is 5.11 Å². The van der Waals surface area contributed by atoms with Crippen molar-refractivity contribution in [1.82, 2.24) is 0 Å². The van der Waals surface area contributed by atoms with E-state index in [4.69, 9.17) is 5.53 Å². The minimum Gasteiger partial charge on any atom is -0.289 e. The number of benzene rings is 2. The summed E-state index contributed by atoms with van der Waals surface area (Å²) in [6.45, 7) is 0. The van der Waals surface area contributed by atoms with Crippen molar-refractivity contribution in [3.63, 3.8) is 0 Å². The number of hydrogen-bond acceptors (Lipinski definition) is 2. The average molecular weight is 328 g/mol. The normalized spacial score (nSPS) is 10.8. The van der Waals surface area contributed by atoms with Gasteiger partial charge in [0.2, 0.25) is 0 Å². The van der Waals surface area contributed by atoms with Crippen LogP contribution in [-0.2, 0) is 0 Å². The highest BCUT2D eigenvalue weighted by Gasteiger charge is 2.10. The van der Waals surface area contributed by atoms with Gasteiger partial charge in [0.05, 0.1) is 5.70 Å². The van der Waals surface area contributed by atoms with Crippen LogP contribution in [0, 0.1) is 0 Å². The smallest absolute Gasteiger partial charge is 0.195 e. The van der Waals surface area contributed by atoms with Crippen LogP contribution in [0.3, 0.4) is 0 Å². The molecule has 2 aromatic carbocycles. The zero-order valence-corrected chi connectivity index (χ0v) is 12.0. The Morgan fingerprint density at radius 3 is 2.35 bits per heavy atom. The van der Waals surface area contributed by atoms with Crippen LogP contribution in [-0.4, -0.2) is 5.78 Å². The van der Waals surface area contributed by atoms with Crippen molar-refractivity contribution in [2.45, 2.75) is 0 Å². The highest BCUT2D eigenvalue weighted by atomic mass is 79.9. The first kappa shape index (κ1) is 14.1. The first-order valence-electron chi connectivity index (χ1n) is 5.83. The summed E-state index contributed by atoms with van der Waals surface area (Å²) in [6, 6.07) is 16.1. The lowest BCUT2D eigenvalue weighted by Gasteiger charge is -2.01. The van der Waals surface area contributed by atoms with Crippen molar-refractivity contribution in [2.75, 3.05) is 0 Å². The SMILES string of the molecule is [N-]=[N+]=NC(=Cc1ccc(Br)cc1)C(=O)c1ccccc1. The molecule has 0 spiro atoms. The number of rotatable bonds is 4. The van der Waals surface area contributed by atoms with Crippen LogP contribution in [0.1, 0.15) is 15.9 Å². The molecule has 0 aliphatic rings. The molecule has 0 bridgehead atoms. The van der Waals surface area contributed by atoms with Crippen molar-refractivity contribution in [3.8, 4) is 0 Å². The number of halogens is 1. The fourth-order valence-electron chi connectivity index (χ4n) is 1.64. The molecule has 0 radical (unpaired) electrons. The fraction of sp³-hybridized carbons (Fsp3) is 0. The van der Waals surface area contributed by atoms with Crippen molar-refractivity contribution in [1.29, 1.82) is 0 Å². The van der Waals surface area contributed by atoms with Gasteiger partial charge in [-0.2, -0.15) is 0 Å². The molecule has 5 heteroatoms. The number of allylic oxidation sites excluding steroid dienone is 1. The number of carbonyl (C=O) groups is 1. The predicted molar refractivity (Wildman–Crippen MR) is 82.0 cm³/mol. The second-order valence-electron chi connectivity index (χ2n) is 3.97. The molecule has 0 unspecified atom stereocenters. The topological polar surface area (TPSA) is 65.8 Å². The number of ketones is 1. The Bertz CT molecular complexity index is 687. The first-order chi connectivity index (χ1) is 9.70. The van der Waals surface area contributed by atoms with Gasteiger partial charge >= 0.3 is 0 Å². The molecule has 2 aromatic rings. The van der Waals surface area contributed by atoms with Crippen molar-refractivity contribution in [3.05, 3.63) is 86.3 Å². The van der Waals surface area contributed by atoms with Gasteiger partial charge in [-0.05, 0) is 29.3 Å². The van der Waals surface area contributed by atoms with E-state index in [0.29, 0.717) is 5.56 Å². The summed E-state index contributed by atoms with van der Waals surface area (Å²) in [4.78, 5) is 15.0. The molecule has 4 nitrogen and oxygen atoms in total. The van der Waals surface area contributed by atoms with E-state index < -0.39 is 0 Å². The molecule has 0 heterocycles. The monoisotopic (exact) mass is 327 g/mol. The molecule has 0 saturated carbocycles. The van der Waals surface area contributed by atoms with Gasteiger partial charge in [0, 0.05) is 14.9 Å². The van der Waals surface area contributed by atoms with Crippen LogP contribution in [0.5, 0.6) is 0 Å². The van der Waals surface area contributed by atoms with Gasteiger partial charge in [0.25, 0.3) is 0 Å². The molecule has 20 heavy (non-hydrogen) atoms. The van der Waals surface area contributed by atoms with E-state index in [-0.39, 0.29) is 11.5 Å². The van der Waals surface area contributed by atoms with Crippen LogP contribution < -0.4 is 0 Å². The third-order valence-electron chi connectivity index (χ3n) is 2.59. The summed E-state index contributed by atoms with van der Waals surface area (Å²) in [7, 11) is 0. The Morgan fingerprint density at radius 2 is 1.75 bits per heavy atom. The average Bonchev–Trinajstić information content (AvgIpc) is 2.49. The molecular weight excluding hydrogens is 318 g/mol. The van der Waals surface area contributed by atoms with Gasteiger partial charge in [-0.15, -0.1) is 0 Å². The van der Waals surface area contributed by atoms with Crippen LogP contribution in [0.15, 0.2) is 69.9 Å². The zero-order chi connectivity index (χ0) is 14.4. The number of nitrogens with zero attached hydrogens (tertiary/aromatic N) is 3. The van der Waals surface area contributed by atoms with Crippen LogP contribution in [0.4, 0.5) is 0 Å². The maximum atomic E-state index is 12.3. The van der Waals surface area contributed by atoms with E-state index in [9.17, 15) is 4.79 Å². The Kier molecular flexibility index (Phi) is 4.71. The number of azide groups is 1. The van der Waals surface area contributed by atoms with Crippen molar-refractivity contribution >= 4 is 27.8 Å². The zero-order valence-electron chi connectivity index (χ0n) is 10.4. The Labute approximate surface area is 124 Å². The minimum atomic E-state index is -0.300. The number of carbonyl (C=O) groups excluding carboxylic acids is 1. The molecule has 0 aliphatic carbocycles. The van der Waals surface area contributed by atoms with Gasteiger partial charge in [-0.3, -0.25) is 4.79 Å². The predicted octanol–water partition coefficient (Wildman–Crippen LogP) is 4.98. The van der Waals surface area contributed by atoms with Gasteiger partial charge in [0.1, 0.15) is 0 Å². The summed E-state index contributed by atoms with van der Waals surface area (Å²) in [6.07, 6.45) is 1.57.